The number of hydrogen-bond acceptors (Lipinski definition) is 2. The standard InChI is InChI=1S/C15H24N2/c1-4-17(5-2)11-13-9-14-8-12(3)6-7-15(14)16-10-13/h6-8,13,16H,4-5,9-11H2,1-3H3. The van der Waals surface area contributed by atoms with Crippen LogP contribution in [0.4, 0.5) is 5.69 Å². The predicted molar refractivity (Wildman–Crippen MR) is 74.7 cm³/mol. The van der Waals surface area contributed by atoms with Gasteiger partial charge in [0.2, 0.25) is 0 Å². The molecule has 0 aromatic heterocycles. The van der Waals surface area contributed by atoms with Crippen LogP contribution in [0, 0.1) is 12.8 Å². The van der Waals surface area contributed by atoms with Crippen molar-refractivity contribution in [3.8, 4) is 0 Å². The molecule has 0 fully saturated rings. The van der Waals surface area contributed by atoms with Crippen molar-refractivity contribution in [2.24, 2.45) is 5.92 Å². The lowest BCUT2D eigenvalue weighted by atomic mass is 9.92. The highest BCUT2D eigenvalue weighted by Gasteiger charge is 2.19. The minimum absolute atomic E-state index is 0.754. The Morgan fingerprint density at radius 1 is 1.29 bits per heavy atom. The van der Waals surface area contributed by atoms with Gasteiger partial charge in [0.25, 0.3) is 0 Å². The molecule has 1 aliphatic heterocycles. The number of nitrogens with one attached hydrogen (secondary N) is 1. The van der Waals surface area contributed by atoms with Crippen LogP contribution in [0.5, 0.6) is 0 Å². The average Bonchev–Trinajstić information content (AvgIpc) is 2.35. The van der Waals surface area contributed by atoms with Gasteiger partial charge in [0, 0.05) is 18.8 Å². The molecular formula is C15H24N2. The number of benzene rings is 1. The van der Waals surface area contributed by atoms with E-state index in [1.54, 1.807) is 0 Å². The summed E-state index contributed by atoms with van der Waals surface area (Å²) in [5.41, 5.74) is 4.20. The summed E-state index contributed by atoms with van der Waals surface area (Å²) in [6.45, 7) is 11.3. The molecular weight excluding hydrogens is 208 g/mol. The van der Waals surface area contributed by atoms with Crippen LogP contribution < -0.4 is 5.32 Å². The fraction of sp³-hybridized carbons (Fsp3) is 0.600. The molecule has 2 rings (SSSR count). The van der Waals surface area contributed by atoms with Gasteiger partial charge in [0.05, 0.1) is 0 Å². The highest BCUT2D eigenvalue weighted by Crippen LogP contribution is 2.26. The number of aryl methyl sites for hydroxylation is 1. The van der Waals surface area contributed by atoms with Gasteiger partial charge < -0.3 is 10.2 Å². The Labute approximate surface area is 105 Å². The molecule has 1 aromatic rings. The summed E-state index contributed by atoms with van der Waals surface area (Å²) in [7, 11) is 0. The summed E-state index contributed by atoms with van der Waals surface area (Å²) in [5, 5.41) is 3.57. The number of rotatable bonds is 4. The molecule has 0 saturated heterocycles. The third-order valence-electron chi connectivity index (χ3n) is 3.76. The van der Waals surface area contributed by atoms with E-state index in [1.165, 1.54) is 29.8 Å². The van der Waals surface area contributed by atoms with Crippen LogP contribution >= 0.6 is 0 Å². The Kier molecular flexibility index (Phi) is 4.06. The normalized spacial score (nSPS) is 18.9. The molecule has 0 radical (unpaired) electrons. The largest absolute Gasteiger partial charge is 0.384 e. The topological polar surface area (TPSA) is 15.3 Å². The SMILES string of the molecule is CCN(CC)CC1CNc2ccc(C)cc2C1. The van der Waals surface area contributed by atoms with Crippen molar-refractivity contribution in [3.05, 3.63) is 29.3 Å². The van der Waals surface area contributed by atoms with Crippen molar-refractivity contribution in [3.63, 3.8) is 0 Å². The molecule has 1 N–H and O–H groups in total. The molecule has 0 saturated carbocycles. The first-order valence-corrected chi connectivity index (χ1v) is 6.78. The first-order chi connectivity index (χ1) is 8.22. The summed E-state index contributed by atoms with van der Waals surface area (Å²) in [4.78, 5) is 2.52. The molecule has 1 aromatic carbocycles. The summed E-state index contributed by atoms with van der Waals surface area (Å²) in [5.74, 6) is 0.754. The van der Waals surface area contributed by atoms with E-state index in [-0.39, 0.29) is 0 Å². The Morgan fingerprint density at radius 2 is 2.06 bits per heavy atom. The monoisotopic (exact) mass is 232 g/mol. The van der Waals surface area contributed by atoms with Crippen LogP contribution in [-0.4, -0.2) is 31.1 Å². The molecule has 0 spiro atoms. The summed E-state index contributed by atoms with van der Waals surface area (Å²) < 4.78 is 0. The van der Waals surface area contributed by atoms with E-state index in [1.807, 2.05) is 0 Å². The van der Waals surface area contributed by atoms with Crippen molar-refractivity contribution >= 4 is 5.69 Å². The van der Waals surface area contributed by atoms with Gasteiger partial charge in [-0.15, -0.1) is 0 Å². The molecule has 1 heterocycles. The second-order valence-electron chi connectivity index (χ2n) is 5.10. The van der Waals surface area contributed by atoms with Gasteiger partial charge in [-0.3, -0.25) is 0 Å². The minimum atomic E-state index is 0.754. The van der Waals surface area contributed by atoms with Crippen molar-refractivity contribution in [2.75, 3.05) is 31.5 Å². The van der Waals surface area contributed by atoms with E-state index in [9.17, 15) is 0 Å². The Hall–Kier alpha value is -1.02. The highest BCUT2D eigenvalue weighted by atomic mass is 15.1. The maximum Gasteiger partial charge on any atom is 0.0373 e. The second kappa shape index (κ2) is 5.54. The first kappa shape index (κ1) is 12.4. The molecule has 0 aliphatic carbocycles. The Balaban J connectivity index is 2.02. The van der Waals surface area contributed by atoms with E-state index >= 15 is 0 Å². The minimum Gasteiger partial charge on any atom is -0.384 e. The lowest BCUT2D eigenvalue weighted by Crippen LogP contribution is -2.35. The van der Waals surface area contributed by atoms with Crippen LogP contribution in [-0.2, 0) is 6.42 Å². The quantitative estimate of drug-likeness (QED) is 0.858. The fourth-order valence-electron chi connectivity index (χ4n) is 2.68. The highest BCUT2D eigenvalue weighted by molar-refractivity contribution is 5.54. The molecule has 1 unspecified atom stereocenters. The van der Waals surface area contributed by atoms with Gasteiger partial charge >= 0.3 is 0 Å². The third-order valence-corrected chi connectivity index (χ3v) is 3.76. The van der Waals surface area contributed by atoms with Crippen LogP contribution in [0.1, 0.15) is 25.0 Å². The van der Waals surface area contributed by atoms with Gasteiger partial charge in [0.15, 0.2) is 0 Å². The zero-order chi connectivity index (χ0) is 12.3. The summed E-state index contributed by atoms with van der Waals surface area (Å²) in [6.07, 6.45) is 1.22. The van der Waals surface area contributed by atoms with E-state index in [0.717, 1.165) is 25.6 Å². The smallest absolute Gasteiger partial charge is 0.0373 e. The fourth-order valence-corrected chi connectivity index (χ4v) is 2.68. The van der Waals surface area contributed by atoms with E-state index < -0.39 is 0 Å². The average molecular weight is 232 g/mol. The first-order valence-electron chi connectivity index (χ1n) is 6.78. The molecule has 94 valence electrons. The second-order valence-corrected chi connectivity index (χ2v) is 5.10. The van der Waals surface area contributed by atoms with E-state index in [0.29, 0.717) is 0 Å². The number of hydrogen-bond donors (Lipinski definition) is 1. The van der Waals surface area contributed by atoms with Gasteiger partial charge in [-0.05, 0) is 44.0 Å². The molecule has 0 bridgehead atoms. The summed E-state index contributed by atoms with van der Waals surface area (Å²) in [6, 6.07) is 6.74. The van der Waals surface area contributed by atoms with Gasteiger partial charge in [-0.25, -0.2) is 0 Å². The lowest BCUT2D eigenvalue weighted by Gasteiger charge is -2.30. The van der Waals surface area contributed by atoms with Gasteiger partial charge in [-0.2, -0.15) is 0 Å². The Morgan fingerprint density at radius 3 is 2.76 bits per heavy atom. The van der Waals surface area contributed by atoms with Crippen molar-refractivity contribution in [2.45, 2.75) is 27.2 Å². The van der Waals surface area contributed by atoms with Crippen LogP contribution in [0.2, 0.25) is 0 Å². The van der Waals surface area contributed by atoms with Crippen molar-refractivity contribution in [1.29, 1.82) is 0 Å². The lowest BCUT2D eigenvalue weighted by molar-refractivity contribution is 0.254. The van der Waals surface area contributed by atoms with Crippen LogP contribution in [0.3, 0.4) is 0 Å². The Bertz CT molecular complexity index is 369. The van der Waals surface area contributed by atoms with E-state index in [4.69, 9.17) is 0 Å². The third kappa shape index (κ3) is 3.01. The predicted octanol–water partition coefficient (Wildman–Crippen LogP) is 2.92. The zero-order valence-corrected chi connectivity index (χ0v) is 11.3. The number of fused-ring (bicyclic) bond motifs is 1. The van der Waals surface area contributed by atoms with Crippen molar-refractivity contribution in [1.82, 2.24) is 4.90 Å². The summed E-state index contributed by atoms with van der Waals surface area (Å²) >= 11 is 0. The van der Waals surface area contributed by atoms with Crippen LogP contribution in [0.15, 0.2) is 18.2 Å². The molecule has 2 heteroatoms. The number of anilines is 1. The maximum absolute atomic E-state index is 3.57. The molecule has 1 atom stereocenters. The van der Waals surface area contributed by atoms with Crippen molar-refractivity contribution < 1.29 is 0 Å². The molecule has 2 nitrogen and oxygen atoms in total. The molecule has 0 amide bonds. The van der Waals surface area contributed by atoms with Gasteiger partial charge in [0.1, 0.15) is 0 Å². The number of nitrogens with zero attached hydrogens (tertiary/aromatic N) is 1. The van der Waals surface area contributed by atoms with Gasteiger partial charge in [-0.1, -0.05) is 31.5 Å². The molecule has 17 heavy (non-hydrogen) atoms. The molecule has 1 aliphatic rings. The van der Waals surface area contributed by atoms with Crippen LogP contribution in [0.25, 0.3) is 0 Å². The van der Waals surface area contributed by atoms with E-state index in [2.05, 4.69) is 49.2 Å². The maximum atomic E-state index is 3.57. The zero-order valence-electron chi connectivity index (χ0n) is 11.3.